The Hall–Kier alpha value is -0.367. The number of aliphatic hydroxyl groups is 1. The topological polar surface area (TPSA) is 29.5 Å². The molecule has 0 aromatic carbocycles. The summed E-state index contributed by atoms with van der Waals surface area (Å²) in [6, 6.07) is 0. The molecule has 4 rings (SSSR count). The molecule has 8 atom stereocenters. The molecule has 0 spiro atoms. The van der Waals surface area contributed by atoms with E-state index in [4.69, 9.17) is 4.74 Å². The van der Waals surface area contributed by atoms with Crippen LogP contribution in [-0.4, -0.2) is 24.4 Å². The van der Waals surface area contributed by atoms with Crippen molar-refractivity contribution < 1.29 is 29.3 Å². The van der Waals surface area contributed by atoms with Crippen molar-refractivity contribution in [3.8, 4) is 0 Å². The number of hydrogen-bond donors (Lipinski definition) is 1. The quantitative estimate of drug-likeness (QED) is 0.239. The summed E-state index contributed by atoms with van der Waals surface area (Å²) in [4.78, 5) is 0. The largest absolute Gasteiger partial charge is 0.387 e. The summed E-state index contributed by atoms with van der Waals surface area (Å²) in [7, 11) is 1.71. The van der Waals surface area contributed by atoms with Crippen LogP contribution in [0.4, 0.5) is 0 Å². The Morgan fingerprint density at radius 3 is 2.22 bits per heavy atom. The fourth-order valence-electron chi connectivity index (χ4n) is 9.98. The first-order valence-corrected chi connectivity index (χ1v) is 12.4. The molecule has 4 saturated carbocycles. The molecule has 3 heteroatoms. The second-order valence-corrected chi connectivity index (χ2v) is 12.5. The van der Waals surface area contributed by atoms with E-state index in [1.54, 1.807) is 7.11 Å². The summed E-state index contributed by atoms with van der Waals surface area (Å²) in [6.07, 6.45) is 14.4. The Balaban J connectivity index is 0.00000289. The van der Waals surface area contributed by atoms with E-state index in [1.165, 1.54) is 32.1 Å². The van der Waals surface area contributed by atoms with E-state index in [0.29, 0.717) is 18.4 Å². The van der Waals surface area contributed by atoms with Crippen molar-refractivity contribution >= 4 is 0 Å². The summed E-state index contributed by atoms with van der Waals surface area (Å²) in [5.74, 6) is 1.03. The van der Waals surface area contributed by atoms with Gasteiger partial charge in [-0.05, 0) is 96.7 Å². The van der Waals surface area contributed by atoms with E-state index >= 15 is 0 Å². The molecule has 4 aliphatic carbocycles. The van der Waals surface area contributed by atoms with Crippen LogP contribution in [-0.2, 0) is 24.2 Å². The first-order valence-electron chi connectivity index (χ1n) is 12.4. The molecule has 0 aromatic heterocycles. The van der Waals surface area contributed by atoms with Crippen LogP contribution in [0.1, 0.15) is 78.6 Å². The van der Waals surface area contributed by atoms with Crippen LogP contribution in [0.2, 0.25) is 0 Å². The first kappa shape index (κ1) is 26.2. The molecule has 0 heterocycles. The molecule has 0 amide bonds. The van der Waals surface area contributed by atoms with Gasteiger partial charge in [0, 0.05) is 26.6 Å². The van der Waals surface area contributed by atoms with Crippen LogP contribution >= 0.6 is 0 Å². The second kappa shape index (κ2) is 8.10. The molecule has 1 radical (unpaired) electrons. The van der Waals surface area contributed by atoms with Crippen LogP contribution < -0.4 is 0 Å². The predicted octanol–water partition coefficient (Wildman–Crippen LogP) is 6.91. The van der Waals surface area contributed by atoms with Crippen molar-refractivity contribution in [2.24, 2.45) is 38.9 Å². The van der Waals surface area contributed by atoms with Crippen LogP contribution in [0.3, 0.4) is 0 Å². The third-order valence-electron chi connectivity index (χ3n) is 11.8. The molecule has 1 N–H and O–H groups in total. The van der Waals surface area contributed by atoms with Gasteiger partial charge in [-0.1, -0.05) is 32.9 Å². The maximum absolute atomic E-state index is 11.3. The number of allylic oxidation sites excluding steroid dienone is 3. The Morgan fingerprint density at radius 2 is 1.66 bits per heavy atom. The monoisotopic (exact) mass is 528 g/mol. The van der Waals surface area contributed by atoms with Gasteiger partial charge in [0.2, 0.25) is 0 Å². The molecule has 0 aromatic rings. The van der Waals surface area contributed by atoms with Crippen molar-refractivity contribution in [1.29, 1.82) is 0 Å². The van der Waals surface area contributed by atoms with Crippen LogP contribution in [0.25, 0.3) is 0 Å². The summed E-state index contributed by atoms with van der Waals surface area (Å²) in [6.45, 7) is 25.5. The van der Waals surface area contributed by atoms with Crippen molar-refractivity contribution in [2.45, 2.75) is 84.2 Å². The van der Waals surface area contributed by atoms with Gasteiger partial charge in [-0.25, -0.2) is 19.1 Å². The van der Waals surface area contributed by atoms with Gasteiger partial charge < -0.3 is 9.84 Å². The van der Waals surface area contributed by atoms with Crippen LogP contribution in [0, 0.1) is 45.8 Å². The molecular formula is C29H45O2Rh-. The second-order valence-electron chi connectivity index (χ2n) is 12.5. The Kier molecular flexibility index (Phi) is 6.64. The fourth-order valence-corrected chi connectivity index (χ4v) is 9.98. The Morgan fingerprint density at radius 1 is 1.00 bits per heavy atom. The fraction of sp³-hybridized carbons (Fsp3) is 0.759. The van der Waals surface area contributed by atoms with Crippen molar-refractivity contribution in [2.75, 3.05) is 13.7 Å². The Labute approximate surface area is 210 Å². The Bertz CT molecular complexity index is 792. The van der Waals surface area contributed by atoms with Gasteiger partial charge in [0.25, 0.3) is 0 Å². The van der Waals surface area contributed by atoms with E-state index in [2.05, 4.69) is 59.6 Å². The molecule has 4 aliphatic rings. The predicted molar refractivity (Wildman–Crippen MR) is 129 cm³/mol. The van der Waals surface area contributed by atoms with Gasteiger partial charge in [-0.15, -0.1) is 13.2 Å². The van der Waals surface area contributed by atoms with Crippen molar-refractivity contribution in [3.63, 3.8) is 0 Å². The summed E-state index contributed by atoms with van der Waals surface area (Å²) in [5.41, 5.74) is 0.942. The summed E-state index contributed by atoms with van der Waals surface area (Å²) in [5, 5.41) is 11.3. The minimum atomic E-state index is -0.707. The van der Waals surface area contributed by atoms with E-state index in [1.807, 2.05) is 0 Å². The minimum Gasteiger partial charge on any atom is -0.387 e. The van der Waals surface area contributed by atoms with Crippen LogP contribution in [0.5, 0.6) is 0 Å². The number of fused-ring (bicyclic) bond motifs is 5. The minimum absolute atomic E-state index is 0. The molecule has 4 fully saturated rings. The molecular weight excluding hydrogens is 483 g/mol. The molecule has 0 aliphatic heterocycles. The maximum Gasteiger partial charge on any atom is 0.0885 e. The summed E-state index contributed by atoms with van der Waals surface area (Å²) >= 11 is 0. The average Bonchev–Trinajstić information content (AvgIpc) is 3.02. The maximum atomic E-state index is 11.3. The molecule has 2 nitrogen and oxygen atoms in total. The molecule has 0 saturated heterocycles. The number of methoxy groups -OCH3 is 1. The SMILES string of the molecule is C=C[C@]12CC[C@]3(C)[C@@H](C(=C)[CH2-])CC[C@@]3(C=C)[C@@H]1CC[C@@]1(C)C[C@@](O)(COC)CC[C@@]12C.[Rh]. The van der Waals surface area contributed by atoms with Gasteiger partial charge in [-0.3, -0.25) is 0 Å². The van der Waals surface area contributed by atoms with E-state index in [-0.39, 0.29) is 46.6 Å². The standard InChI is InChI=1S/C29H45O2.Rh/c1-9-28-14-11-22(21(3)4)25(28,6)15-18-29(10-2)23(28)12-13-24(5)19-27(30,20-31-8)17-16-26(24,29)7;/h9-10,22-23,30H,1-4,11-20H2,5-8H3;/q-1;/t22-,23+,24+,25-,26+,27-,28+,29+;/m1./s1. The number of ether oxygens (including phenoxy) is 1. The van der Waals surface area contributed by atoms with E-state index < -0.39 is 5.60 Å². The average molecular weight is 529 g/mol. The zero-order chi connectivity index (χ0) is 22.9. The van der Waals surface area contributed by atoms with E-state index in [0.717, 1.165) is 31.3 Å². The van der Waals surface area contributed by atoms with Gasteiger partial charge in [0.05, 0.1) is 12.2 Å². The summed E-state index contributed by atoms with van der Waals surface area (Å²) < 4.78 is 5.44. The zero-order valence-electron chi connectivity index (χ0n) is 20.9. The molecule has 0 unspecified atom stereocenters. The van der Waals surface area contributed by atoms with Crippen LogP contribution in [0.15, 0.2) is 37.5 Å². The number of hydrogen-bond acceptors (Lipinski definition) is 2. The molecule has 0 bridgehead atoms. The molecule has 183 valence electrons. The van der Waals surface area contributed by atoms with Gasteiger partial charge >= 0.3 is 0 Å². The third-order valence-corrected chi connectivity index (χ3v) is 11.8. The first-order chi connectivity index (χ1) is 14.4. The van der Waals surface area contributed by atoms with Crippen molar-refractivity contribution in [3.05, 3.63) is 44.4 Å². The normalized spacial score (nSPS) is 52.0. The number of rotatable bonds is 5. The smallest absolute Gasteiger partial charge is 0.0885 e. The van der Waals surface area contributed by atoms with Gasteiger partial charge in [0.15, 0.2) is 0 Å². The molecule has 32 heavy (non-hydrogen) atoms. The van der Waals surface area contributed by atoms with Gasteiger partial charge in [-0.2, -0.15) is 0 Å². The third kappa shape index (κ3) is 2.96. The van der Waals surface area contributed by atoms with E-state index in [9.17, 15) is 5.11 Å². The zero-order valence-corrected chi connectivity index (χ0v) is 22.5. The van der Waals surface area contributed by atoms with Gasteiger partial charge in [0.1, 0.15) is 0 Å². The van der Waals surface area contributed by atoms with Crippen molar-refractivity contribution in [1.82, 2.24) is 0 Å².